The highest BCUT2D eigenvalue weighted by Gasteiger charge is 2.20. The lowest BCUT2D eigenvalue weighted by Crippen LogP contribution is -2.01. The van der Waals surface area contributed by atoms with Crippen LogP contribution in [-0.2, 0) is 6.61 Å². The van der Waals surface area contributed by atoms with Gasteiger partial charge in [-0.15, -0.1) is 0 Å². The summed E-state index contributed by atoms with van der Waals surface area (Å²) >= 11 is 2.88. The molecule has 1 heterocycles. The molecule has 1 aromatic rings. The number of hydrogen-bond donors (Lipinski definition) is 1. The average molecular weight is 263 g/mol. The fourth-order valence-corrected chi connectivity index (χ4v) is 1.48. The van der Waals surface area contributed by atoms with E-state index in [0.29, 0.717) is 0 Å². The number of aromatic nitrogens is 1. The van der Waals surface area contributed by atoms with Crippen LogP contribution in [0.2, 0.25) is 0 Å². The van der Waals surface area contributed by atoms with Crippen LogP contribution in [0.1, 0.15) is 23.2 Å². The number of rotatable bonds is 2. The van der Waals surface area contributed by atoms with Gasteiger partial charge >= 0.3 is 0 Å². The first-order valence-electron chi connectivity index (χ1n) is 3.58. The van der Waals surface area contributed by atoms with Crippen molar-refractivity contribution >= 4 is 15.9 Å². The molecule has 74 valence electrons. The van der Waals surface area contributed by atoms with Gasteiger partial charge in [0.2, 0.25) is 0 Å². The number of aliphatic hydroxyl groups excluding tert-OH is 1. The molecular weight excluding hydrogens is 258 g/mol. The molecule has 0 bridgehead atoms. The van der Waals surface area contributed by atoms with Crippen LogP contribution in [0.5, 0.6) is 0 Å². The molecule has 0 aromatic carbocycles. The van der Waals surface area contributed by atoms with Gasteiger partial charge in [0.15, 0.2) is 0 Å². The fourth-order valence-electron chi connectivity index (χ4n) is 1.00. The zero-order chi connectivity index (χ0) is 10.7. The summed E-state index contributed by atoms with van der Waals surface area (Å²) in [6, 6.07) is 1.60. The Morgan fingerprint density at radius 1 is 1.64 bits per heavy atom. The molecule has 0 aliphatic heterocycles. The third-order valence-electron chi connectivity index (χ3n) is 1.63. The first kappa shape index (κ1) is 11.0. The maximum atomic E-state index is 12.5. The Kier molecular flexibility index (Phi) is 3.49. The van der Waals surface area contributed by atoms with E-state index in [1.165, 1.54) is 0 Å². The molecule has 1 aromatic heterocycles. The van der Waals surface area contributed by atoms with Gasteiger partial charge in [-0.25, -0.2) is 8.78 Å². The van der Waals surface area contributed by atoms with Gasteiger partial charge in [0.25, 0.3) is 6.43 Å². The van der Waals surface area contributed by atoms with Crippen molar-refractivity contribution in [1.82, 2.24) is 4.98 Å². The summed E-state index contributed by atoms with van der Waals surface area (Å²) in [5, 5.41) is 17.4. The van der Waals surface area contributed by atoms with Gasteiger partial charge in [-0.3, -0.25) is 4.98 Å². The molecule has 3 nitrogen and oxygen atoms in total. The number of nitriles is 1. The second-order valence-electron chi connectivity index (χ2n) is 2.41. The Bertz CT molecular complexity index is 390. The summed E-state index contributed by atoms with van der Waals surface area (Å²) in [7, 11) is 0. The Morgan fingerprint density at radius 2 is 2.29 bits per heavy atom. The first-order valence-corrected chi connectivity index (χ1v) is 4.37. The third-order valence-corrected chi connectivity index (χ3v) is 2.26. The van der Waals surface area contributed by atoms with Gasteiger partial charge in [-0.2, -0.15) is 5.26 Å². The lowest BCUT2D eigenvalue weighted by molar-refractivity contribution is 0.149. The Labute approximate surface area is 87.1 Å². The van der Waals surface area contributed by atoms with Crippen LogP contribution in [-0.4, -0.2) is 10.1 Å². The number of pyridine rings is 1. The molecule has 0 unspecified atom stereocenters. The van der Waals surface area contributed by atoms with E-state index in [9.17, 15) is 8.78 Å². The summed E-state index contributed by atoms with van der Waals surface area (Å²) in [5.41, 5.74) is -0.727. The van der Waals surface area contributed by atoms with Crippen LogP contribution in [0.25, 0.3) is 0 Å². The largest absolute Gasteiger partial charge is 0.390 e. The van der Waals surface area contributed by atoms with E-state index in [0.717, 1.165) is 6.20 Å². The molecule has 1 rings (SSSR count). The zero-order valence-electron chi connectivity index (χ0n) is 6.84. The van der Waals surface area contributed by atoms with Gasteiger partial charge in [0, 0.05) is 10.7 Å². The zero-order valence-corrected chi connectivity index (χ0v) is 8.42. The highest BCUT2D eigenvalue weighted by molar-refractivity contribution is 9.10. The van der Waals surface area contributed by atoms with Gasteiger partial charge < -0.3 is 5.11 Å². The third kappa shape index (κ3) is 1.89. The normalized spacial score (nSPS) is 10.3. The van der Waals surface area contributed by atoms with E-state index >= 15 is 0 Å². The van der Waals surface area contributed by atoms with Crippen molar-refractivity contribution in [3.8, 4) is 6.07 Å². The van der Waals surface area contributed by atoms with E-state index in [1.54, 1.807) is 6.07 Å². The van der Waals surface area contributed by atoms with Crippen molar-refractivity contribution in [2.45, 2.75) is 13.0 Å². The Hall–Kier alpha value is -1.06. The maximum absolute atomic E-state index is 12.5. The van der Waals surface area contributed by atoms with Crippen LogP contribution in [0.4, 0.5) is 8.78 Å². The van der Waals surface area contributed by atoms with Crippen molar-refractivity contribution in [3.05, 3.63) is 27.5 Å². The average Bonchev–Trinajstić information content (AvgIpc) is 2.16. The van der Waals surface area contributed by atoms with E-state index in [4.69, 9.17) is 10.4 Å². The molecule has 0 saturated carbocycles. The summed E-state index contributed by atoms with van der Waals surface area (Å²) in [5.74, 6) is 0. The van der Waals surface area contributed by atoms with Crippen LogP contribution in [0, 0.1) is 11.3 Å². The summed E-state index contributed by atoms with van der Waals surface area (Å²) < 4.78 is 25.1. The molecule has 0 spiro atoms. The molecule has 0 aliphatic carbocycles. The molecule has 0 radical (unpaired) electrons. The number of nitrogens with zero attached hydrogens (tertiary/aromatic N) is 2. The van der Waals surface area contributed by atoms with E-state index < -0.39 is 18.6 Å². The second-order valence-corrected chi connectivity index (χ2v) is 3.27. The SMILES string of the molecule is N#Cc1c(CO)ncc(Br)c1C(F)F. The minimum atomic E-state index is -2.77. The predicted octanol–water partition coefficient (Wildman–Crippen LogP) is 2.15. The lowest BCUT2D eigenvalue weighted by atomic mass is 10.1. The predicted molar refractivity (Wildman–Crippen MR) is 47.5 cm³/mol. The van der Waals surface area contributed by atoms with Gasteiger partial charge in [0.1, 0.15) is 6.07 Å². The summed E-state index contributed by atoms with van der Waals surface area (Å²) in [4.78, 5) is 3.66. The first-order chi connectivity index (χ1) is 6.61. The van der Waals surface area contributed by atoms with Gasteiger partial charge in [-0.1, -0.05) is 0 Å². The second kappa shape index (κ2) is 4.44. The molecule has 0 atom stereocenters. The van der Waals surface area contributed by atoms with Crippen LogP contribution >= 0.6 is 15.9 Å². The van der Waals surface area contributed by atoms with Crippen LogP contribution in [0.15, 0.2) is 10.7 Å². The molecule has 14 heavy (non-hydrogen) atoms. The molecular formula is C8H5BrF2N2O. The monoisotopic (exact) mass is 262 g/mol. The van der Waals surface area contributed by atoms with E-state index in [1.807, 2.05) is 0 Å². The minimum Gasteiger partial charge on any atom is -0.390 e. The molecule has 1 N–H and O–H groups in total. The maximum Gasteiger partial charge on any atom is 0.266 e. The highest BCUT2D eigenvalue weighted by atomic mass is 79.9. The molecule has 0 amide bonds. The topological polar surface area (TPSA) is 56.9 Å². The van der Waals surface area contributed by atoms with E-state index in [-0.39, 0.29) is 15.7 Å². The van der Waals surface area contributed by atoms with Gasteiger partial charge in [0.05, 0.1) is 23.4 Å². The minimum absolute atomic E-state index is 0.0361. The number of halogens is 3. The van der Waals surface area contributed by atoms with Crippen molar-refractivity contribution in [2.75, 3.05) is 0 Å². The van der Waals surface area contributed by atoms with Crippen molar-refractivity contribution in [3.63, 3.8) is 0 Å². The number of hydrogen-bond acceptors (Lipinski definition) is 3. The Balaban J connectivity index is 3.45. The molecule has 6 heteroatoms. The van der Waals surface area contributed by atoms with Crippen molar-refractivity contribution in [1.29, 1.82) is 5.26 Å². The van der Waals surface area contributed by atoms with Crippen LogP contribution < -0.4 is 0 Å². The number of aliphatic hydroxyl groups is 1. The fraction of sp³-hybridized carbons (Fsp3) is 0.250. The standard InChI is InChI=1S/C8H5BrF2N2O/c9-5-2-13-6(3-14)4(1-12)7(5)8(10)11/h2,8,14H,3H2. The number of alkyl halides is 2. The quantitative estimate of drug-likeness (QED) is 0.889. The van der Waals surface area contributed by atoms with Crippen molar-refractivity contribution in [2.24, 2.45) is 0 Å². The highest BCUT2D eigenvalue weighted by Crippen LogP contribution is 2.30. The van der Waals surface area contributed by atoms with Crippen molar-refractivity contribution < 1.29 is 13.9 Å². The molecule has 0 saturated heterocycles. The molecule has 0 fully saturated rings. The summed E-state index contributed by atoms with van der Waals surface area (Å²) in [6.07, 6.45) is -1.62. The summed E-state index contributed by atoms with van der Waals surface area (Å²) in [6.45, 7) is -0.532. The Morgan fingerprint density at radius 3 is 2.71 bits per heavy atom. The lowest BCUT2D eigenvalue weighted by Gasteiger charge is -2.07. The smallest absolute Gasteiger partial charge is 0.266 e. The van der Waals surface area contributed by atoms with Crippen LogP contribution in [0.3, 0.4) is 0 Å². The molecule has 0 aliphatic rings. The van der Waals surface area contributed by atoms with E-state index in [2.05, 4.69) is 20.9 Å². The van der Waals surface area contributed by atoms with Gasteiger partial charge in [-0.05, 0) is 15.9 Å².